The summed E-state index contributed by atoms with van der Waals surface area (Å²) in [5.41, 5.74) is 4.47. The molecule has 2 N–H and O–H groups in total. The van der Waals surface area contributed by atoms with Gasteiger partial charge in [0.15, 0.2) is 0 Å². The molecule has 0 spiro atoms. The number of aromatic nitrogens is 3. The van der Waals surface area contributed by atoms with Crippen molar-refractivity contribution in [3.05, 3.63) is 55.0 Å². The fourth-order valence-electron chi connectivity index (χ4n) is 1.82. The number of hydrogen-bond acceptors (Lipinski definition) is 1. The van der Waals surface area contributed by atoms with Crippen molar-refractivity contribution in [1.82, 2.24) is 15.2 Å². The van der Waals surface area contributed by atoms with Crippen LogP contribution in [0.2, 0.25) is 0 Å². The molecule has 0 amide bonds. The summed E-state index contributed by atoms with van der Waals surface area (Å²) in [5.74, 6) is 0. The van der Waals surface area contributed by atoms with Crippen molar-refractivity contribution in [1.29, 1.82) is 0 Å². The van der Waals surface area contributed by atoms with Gasteiger partial charge in [-0.15, -0.1) is 0 Å². The molecule has 0 aliphatic carbocycles. The van der Waals surface area contributed by atoms with Gasteiger partial charge in [-0.1, -0.05) is 30.3 Å². The lowest BCUT2D eigenvalue weighted by atomic mass is 10.0. The Hall–Kier alpha value is -2.29. The molecule has 1 aromatic carbocycles. The molecule has 0 bridgehead atoms. The Morgan fingerprint density at radius 1 is 0.938 bits per heavy atom. The zero-order valence-corrected chi connectivity index (χ0v) is 8.64. The van der Waals surface area contributed by atoms with Crippen LogP contribution in [0, 0.1) is 0 Å². The Kier molecular flexibility index (Phi) is 2.07. The van der Waals surface area contributed by atoms with Crippen molar-refractivity contribution in [3.63, 3.8) is 0 Å². The summed E-state index contributed by atoms with van der Waals surface area (Å²) in [7, 11) is 0. The SMILES string of the molecule is c1ccc(-c2cn[nH]c2-c2cc[nH]c2)cc1. The van der Waals surface area contributed by atoms with E-state index < -0.39 is 0 Å². The summed E-state index contributed by atoms with van der Waals surface area (Å²) < 4.78 is 0. The van der Waals surface area contributed by atoms with Gasteiger partial charge in [0, 0.05) is 23.5 Å². The van der Waals surface area contributed by atoms with Crippen LogP contribution in [0.1, 0.15) is 0 Å². The van der Waals surface area contributed by atoms with Gasteiger partial charge in [-0.25, -0.2) is 0 Å². The lowest BCUT2D eigenvalue weighted by molar-refractivity contribution is 1.10. The Morgan fingerprint density at radius 3 is 2.56 bits per heavy atom. The highest BCUT2D eigenvalue weighted by molar-refractivity contribution is 5.79. The van der Waals surface area contributed by atoms with Crippen molar-refractivity contribution < 1.29 is 0 Å². The molecule has 0 unspecified atom stereocenters. The minimum absolute atomic E-state index is 1.05. The molecule has 0 saturated heterocycles. The maximum atomic E-state index is 4.12. The van der Waals surface area contributed by atoms with E-state index in [1.54, 1.807) is 0 Å². The molecule has 0 atom stereocenters. The van der Waals surface area contributed by atoms with Gasteiger partial charge in [0.1, 0.15) is 0 Å². The van der Waals surface area contributed by atoms with Crippen LogP contribution in [0.4, 0.5) is 0 Å². The van der Waals surface area contributed by atoms with Crippen molar-refractivity contribution in [2.45, 2.75) is 0 Å². The van der Waals surface area contributed by atoms with E-state index in [-0.39, 0.29) is 0 Å². The van der Waals surface area contributed by atoms with E-state index in [9.17, 15) is 0 Å². The fourth-order valence-corrected chi connectivity index (χ4v) is 1.82. The molecule has 3 rings (SSSR count). The number of aromatic amines is 2. The molecule has 2 heterocycles. The standard InChI is InChI=1S/C13H11N3/c1-2-4-10(5-3-1)12-9-15-16-13(12)11-6-7-14-8-11/h1-9,14H,(H,15,16). The molecule has 3 nitrogen and oxygen atoms in total. The average molecular weight is 209 g/mol. The van der Waals surface area contributed by atoms with Crippen LogP contribution >= 0.6 is 0 Å². The second-order valence-corrected chi connectivity index (χ2v) is 3.62. The minimum atomic E-state index is 1.05. The molecule has 3 aromatic rings. The summed E-state index contributed by atoms with van der Waals surface area (Å²) >= 11 is 0. The second-order valence-electron chi connectivity index (χ2n) is 3.62. The molecule has 0 aliphatic rings. The van der Waals surface area contributed by atoms with E-state index in [0.29, 0.717) is 0 Å². The Labute approximate surface area is 93.2 Å². The lowest BCUT2D eigenvalue weighted by Gasteiger charge is -2.00. The molecule has 2 aromatic heterocycles. The van der Waals surface area contributed by atoms with Gasteiger partial charge < -0.3 is 4.98 Å². The first-order valence-electron chi connectivity index (χ1n) is 5.17. The highest BCUT2D eigenvalue weighted by Gasteiger charge is 2.09. The minimum Gasteiger partial charge on any atom is -0.367 e. The van der Waals surface area contributed by atoms with Gasteiger partial charge in [0.25, 0.3) is 0 Å². The number of H-pyrrole nitrogens is 2. The predicted octanol–water partition coefficient (Wildman–Crippen LogP) is 3.07. The summed E-state index contributed by atoms with van der Waals surface area (Å²) in [5, 5.41) is 7.15. The van der Waals surface area contributed by atoms with E-state index in [2.05, 4.69) is 27.3 Å². The molecule has 3 heteroatoms. The van der Waals surface area contributed by atoms with Gasteiger partial charge in [0.05, 0.1) is 11.9 Å². The topological polar surface area (TPSA) is 44.5 Å². The zero-order valence-electron chi connectivity index (χ0n) is 8.64. The molecule has 0 fully saturated rings. The fraction of sp³-hybridized carbons (Fsp3) is 0. The third-order valence-electron chi connectivity index (χ3n) is 2.61. The van der Waals surface area contributed by atoms with Crippen LogP contribution in [0.3, 0.4) is 0 Å². The summed E-state index contributed by atoms with van der Waals surface area (Å²) in [6.45, 7) is 0. The zero-order chi connectivity index (χ0) is 10.8. The van der Waals surface area contributed by atoms with Gasteiger partial charge >= 0.3 is 0 Å². The van der Waals surface area contributed by atoms with Crippen LogP contribution in [-0.4, -0.2) is 15.2 Å². The first-order chi connectivity index (χ1) is 7.95. The molecule has 78 valence electrons. The predicted molar refractivity (Wildman–Crippen MR) is 63.8 cm³/mol. The number of nitrogens with zero attached hydrogens (tertiary/aromatic N) is 1. The van der Waals surface area contributed by atoms with E-state index in [1.165, 1.54) is 5.56 Å². The molecule has 0 radical (unpaired) electrons. The largest absolute Gasteiger partial charge is 0.367 e. The average Bonchev–Trinajstić information content (AvgIpc) is 3.01. The molecule has 0 saturated carbocycles. The van der Waals surface area contributed by atoms with E-state index in [4.69, 9.17) is 0 Å². The van der Waals surface area contributed by atoms with Crippen molar-refractivity contribution in [3.8, 4) is 22.4 Å². The van der Waals surface area contributed by atoms with Gasteiger partial charge in [-0.3, -0.25) is 5.10 Å². The number of hydrogen-bond donors (Lipinski definition) is 2. The quantitative estimate of drug-likeness (QED) is 0.669. The Bertz CT molecular complexity index is 564. The van der Waals surface area contributed by atoms with Crippen LogP contribution in [0.5, 0.6) is 0 Å². The summed E-state index contributed by atoms with van der Waals surface area (Å²) in [6.07, 6.45) is 5.72. The number of rotatable bonds is 2. The first-order valence-corrected chi connectivity index (χ1v) is 5.17. The van der Waals surface area contributed by atoms with E-state index in [1.807, 2.05) is 42.9 Å². The van der Waals surface area contributed by atoms with Gasteiger partial charge in [0.2, 0.25) is 0 Å². The summed E-state index contributed by atoms with van der Waals surface area (Å²) in [6, 6.07) is 12.3. The van der Waals surface area contributed by atoms with Crippen LogP contribution in [0.25, 0.3) is 22.4 Å². The van der Waals surface area contributed by atoms with Crippen molar-refractivity contribution in [2.24, 2.45) is 0 Å². The second kappa shape index (κ2) is 3.70. The van der Waals surface area contributed by atoms with Crippen molar-refractivity contribution in [2.75, 3.05) is 0 Å². The van der Waals surface area contributed by atoms with Gasteiger partial charge in [-0.05, 0) is 11.6 Å². The normalized spacial score (nSPS) is 10.5. The third-order valence-corrected chi connectivity index (χ3v) is 2.61. The monoisotopic (exact) mass is 209 g/mol. The number of benzene rings is 1. The molecule has 16 heavy (non-hydrogen) atoms. The molecular weight excluding hydrogens is 198 g/mol. The van der Waals surface area contributed by atoms with Crippen LogP contribution in [-0.2, 0) is 0 Å². The molecule has 0 aliphatic heterocycles. The van der Waals surface area contributed by atoms with Gasteiger partial charge in [-0.2, -0.15) is 5.10 Å². The summed E-state index contributed by atoms with van der Waals surface area (Å²) in [4.78, 5) is 3.05. The van der Waals surface area contributed by atoms with Crippen LogP contribution < -0.4 is 0 Å². The maximum Gasteiger partial charge on any atom is 0.0743 e. The molecular formula is C13H11N3. The van der Waals surface area contributed by atoms with E-state index in [0.717, 1.165) is 16.8 Å². The van der Waals surface area contributed by atoms with Crippen molar-refractivity contribution >= 4 is 0 Å². The highest BCUT2D eigenvalue weighted by Crippen LogP contribution is 2.29. The van der Waals surface area contributed by atoms with Crippen LogP contribution in [0.15, 0.2) is 55.0 Å². The number of nitrogens with one attached hydrogen (secondary N) is 2. The Balaban J connectivity index is 2.14. The smallest absolute Gasteiger partial charge is 0.0743 e. The Morgan fingerprint density at radius 2 is 1.81 bits per heavy atom. The van der Waals surface area contributed by atoms with E-state index >= 15 is 0 Å². The maximum absolute atomic E-state index is 4.12. The lowest BCUT2D eigenvalue weighted by Crippen LogP contribution is -1.79. The third kappa shape index (κ3) is 1.42. The first kappa shape index (κ1) is 8.97. The highest BCUT2D eigenvalue weighted by atomic mass is 15.1.